The van der Waals surface area contributed by atoms with Gasteiger partial charge in [-0.2, -0.15) is 0 Å². The molecule has 1 rings (SSSR count). The minimum Gasteiger partial charge on any atom is -0.497 e. The van der Waals surface area contributed by atoms with E-state index in [9.17, 15) is 4.79 Å². The molecule has 0 spiro atoms. The van der Waals surface area contributed by atoms with Crippen molar-refractivity contribution < 1.29 is 9.53 Å². The number of aryl methyl sites for hydroxylation is 1. The number of hydrogen-bond acceptors (Lipinski definition) is 3. The predicted octanol–water partition coefficient (Wildman–Crippen LogP) is 2.51. The Morgan fingerprint density at radius 3 is 2.48 bits per heavy atom. The van der Waals surface area contributed by atoms with Crippen LogP contribution in [0.1, 0.15) is 24.8 Å². The molecule has 120 valence electrons. The minimum atomic E-state index is 0. The van der Waals surface area contributed by atoms with Crippen LogP contribution in [-0.2, 0) is 11.2 Å². The van der Waals surface area contributed by atoms with Crippen LogP contribution in [0.5, 0.6) is 5.75 Å². The van der Waals surface area contributed by atoms with Crippen LogP contribution in [0.25, 0.3) is 0 Å². The number of halogens is 1. The number of rotatable bonds is 9. The van der Waals surface area contributed by atoms with Gasteiger partial charge < -0.3 is 15.0 Å². The Morgan fingerprint density at radius 2 is 1.90 bits per heavy atom. The maximum Gasteiger partial charge on any atom is 0.222 e. The Labute approximate surface area is 134 Å². The van der Waals surface area contributed by atoms with Crippen LogP contribution in [0.4, 0.5) is 0 Å². The summed E-state index contributed by atoms with van der Waals surface area (Å²) in [7, 11) is 5.46. The molecular formula is C16H27ClN2O2. The van der Waals surface area contributed by atoms with Gasteiger partial charge in [-0.15, -0.1) is 12.4 Å². The third-order valence-corrected chi connectivity index (χ3v) is 3.36. The molecule has 0 atom stereocenters. The zero-order valence-corrected chi connectivity index (χ0v) is 14.0. The van der Waals surface area contributed by atoms with E-state index in [1.165, 1.54) is 5.56 Å². The van der Waals surface area contributed by atoms with Crippen LogP contribution in [-0.4, -0.2) is 45.1 Å². The number of methoxy groups -OCH3 is 1. The lowest BCUT2D eigenvalue weighted by molar-refractivity contribution is -0.130. The van der Waals surface area contributed by atoms with Gasteiger partial charge in [0.1, 0.15) is 5.75 Å². The van der Waals surface area contributed by atoms with E-state index in [1.54, 1.807) is 7.11 Å². The molecule has 1 aromatic carbocycles. The molecule has 1 amide bonds. The first kappa shape index (κ1) is 19.7. The third kappa shape index (κ3) is 7.93. The normalized spacial score (nSPS) is 9.86. The zero-order valence-electron chi connectivity index (χ0n) is 13.2. The van der Waals surface area contributed by atoms with Crippen molar-refractivity contribution in [3.8, 4) is 5.75 Å². The van der Waals surface area contributed by atoms with Gasteiger partial charge in [0, 0.05) is 20.0 Å². The quantitative estimate of drug-likeness (QED) is 0.712. The molecule has 0 radical (unpaired) electrons. The smallest absolute Gasteiger partial charge is 0.222 e. The summed E-state index contributed by atoms with van der Waals surface area (Å²) in [4.78, 5) is 13.7. The highest BCUT2D eigenvalue weighted by molar-refractivity contribution is 5.85. The summed E-state index contributed by atoms with van der Waals surface area (Å²) < 4.78 is 5.13. The van der Waals surface area contributed by atoms with E-state index in [1.807, 2.05) is 31.1 Å². The van der Waals surface area contributed by atoms with Crippen LogP contribution in [0.2, 0.25) is 0 Å². The number of hydrogen-bond donors (Lipinski definition) is 1. The van der Waals surface area contributed by atoms with Crippen molar-refractivity contribution in [2.45, 2.75) is 25.7 Å². The molecule has 4 nitrogen and oxygen atoms in total. The molecule has 0 saturated carbocycles. The summed E-state index contributed by atoms with van der Waals surface area (Å²) in [5, 5.41) is 3.06. The van der Waals surface area contributed by atoms with Crippen LogP contribution in [0, 0.1) is 0 Å². The molecular weight excluding hydrogens is 288 g/mol. The van der Waals surface area contributed by atoms with Crippen molar-refractivity contribution >= 4 is 18.3 Å². The summed E-state index contributed by atoms with van der Waals surface area (Å²) in [5.74, 6) is 1.11. The first-order valence-corrected chi connectivity index (χ1v) is 7.19. The molecule has 0 aliphatic rings. The number of nitrogens with one attached hydrogen (secondary N) is 1. The van der Waals surface area contributed by atoms with Gasteiger partial charge in [-0.25, -0.2) is 0 Å². The fraction of sp³-hybridized carbons (Fsp3) is 0.562. The van der Waals surface area contributed by atoms with Gasteiger partial charge in [0.05, 0.1) is 7.11 Å². The molecule has 0 aromatic heterocycles. The lowest BCUT2D eigenvalue weighted by Crippen LogP contribution is -2.28. The summed E-state index contributed by atoms with van der Waals surface area (Å²) in [6.45, 7) is 1.70. The van der Waals surface area contributed by atoms with Crippen LogP contribution >= 0.6 is 12.4 Å². The minimum absolute atomic E-state index is 0. The van der Waals surface area contributed by atoms with Crippen molar-refractivity contribution in [1.82, 2.24) is 10.2 Å². The topological polar surface area (TPSA) is 41.6 Å². The van der Waals surface area contributed by atoms with Gasteiger partial charge in [0.15, 0.2) is 0 Å². The molecule has 0 fully saturated rings. The average Bonchev–Trinajstić information content (AvgIpc) is 2.48. The second-order valence-corrected chi connectivity index (χ2v) is 4.97. The monoisotopic (exact) mass is 314 g/mol. The lowest BCUT2D eigenvalue weighted by atomic mass is 10.1. The molecule has 0 aliphatic heterocycles. The van der Waals surface area contributed by atoms with Crippen molar-refractivity contribution in [3.05, 3.63) is 29.8 Å². The molecule has 21 heavy (non-hydrogen) atoms. The molecule has 0 aliphatic carbocycles. The lowest BCUT2D eigenvalue weighted by Gasteiger charge is -2.17. The fourth-order valence-electron chi connectivity index (χ4n) is 2.04. The Bertz CT molecular complexity index is 396. The maximum atomic E-state index is 11.8. The fourth-order valence-corrected chi connectivity index (χ4v) is 2.04. The molecule has 0 saturated heterocycles. The summed E-state index contributed by atoms with van der Waals surface area (Å²) in [6, 6.07) is 8.10. The Balaban J connectivity index is 0.00000400. The van der Waals surface area contributed by atoms with E-state index >= 15 is 0 Å². The Morgan fingerprint density at radius 1 is 1.24 bits per heavy atom. The van der Waals surface area contributed by atoms with E-state index in [0.29, 0.717) is 6.42 Å². The van der Waals surface area contributed by atoms with E-state index in [4.69, 9.17) is 4.74 Å². The summed E-state index contributed by atoms with van der Waals surface area (Å²) in [5.41, 5.74) is 1.28. The van der Waals surface area contributed by atoms with Crippen LogP contribution in [0.15, 0.2) is 24.3 Å². The molecule has 5 heteroatoms. The van der Waals surface area contributed by atoms with Crippen molar-refractivity contribution in [2.24, 2.45) is 0 Å². The van der Waals surface area contributed by atoms with Gasteiger partial charge in [-0.05, 0) is 50.6 Å². The van der Waals surface area contributed by atoms with Crippen molar-refractivity contribution in [3.63, 3.8) is 0 Å². The number of carbonyl (C=O) groups excluding carboxylic acids is 1. The number of amides is 1. The van der Waals surface area contributed by atoms with E-state index in [0.717, 1.165) is 38.1 Å². The number of carbonyl (C=O) groups is 1. The summed E-state index contributed by atoms with van der Waals surface area (Å²) >= 11 is 0. The van der Waals surface area contributed by atoms with Crippen molar-refractivity contribution in [1.29, 1.82) is 0 Å². The largest absolute Gasteiger partial charge is 0.497 e. The zero-order chi connectivity index (χ0) is 14.8. The maximum absolute atomic E-state index is 11.8. The first-order valence-electron chi connectivity index (χ1n) is 7.19. The predicted molar refractivity (Wildman–Crippen MR) is 89.4 cm³/mol. The number of benzene rings is 1. The van der Waals surface area contributed by atoms with E-state index < -0.39 is 0 Å². The Hall–Kier alpha value is -1.26. The highest BCUT2D eigenvalue weighted by Crippen LogP contribution is 2.12. The number of ether oxygens (including phenoxy) is 1. The second kappa shape index (κ2) is 11.4. The van der Waals surface area contributed by atoms with Gasteiger partial charge in [-0.3, -0.25) is 4.79 Å². The number of nitrogens with zero attached hydrogens (tertiary/aromatic N) is 1. The highest BCUT2D eigenvalue weighted by Gasteiger charge is 2.07. The van der Waals surface area contributed by atoms with E-state index in [2.05, 4.69) is 17.4 Å². The summed E-state index contributed by atoms with van der Waals surface area (Å²) in [6.07, 6.45) is 3.50. The van der Waals surface area contributed by atoms with Crippen LogP contribution in [0.3, 0.4) is 0 Å². The van der Waals surface area contributed by atoms with Crippen LogP contribution < -0.4 is 10.1 Å². The highest BCUT2D eigenvalue weighted by atomic mass is 35.5. The van der Waals surface area contributed by atoms with Gasteiger partial charge in [0.2, 0.25) is 5.91 Å². The second-order valence-electron chi connectivity index (χ2n) is 4.97. The van der Waals surface area contributed by atoms with E-state index in [-0.39, 0.29) is 18.3 Å². The van der Waals surface area contributed by atoms with Gasteiger partial charge in [0.25, 0.3) is 0 Å². The van der Waals surface area contributed by atoms with Gasteiger partial charge in [-0.1, -0.05) is 12.1 Å². The average molecular weight is 315 g/mol. The first-order chi connectivity index (χ1) is 9.67. The van der Waals surface area contributed by atoms with Crippen molar-refractivity contribution in [2.75, 3.05) is 34.3 Å². The molecule has 1 N–H and O–H groups in total. The Kier molecular flexibility index (Phi) is 10.7. The molecule has 0 bridgehead atoms. The standard InChI is InChI=1S/C16H26N2O2.ClH/c1-17-12-4-7-16(19)18(2)13-5-6-14-8-10-15(20-3)11-9-14;/h8-11,17H,4-7,12-13H2,1-3H3;1H. The van der Waals surface area contributed by atoms with Gasteiger partial charge >= 0.3 is 0 Å². The molecule has 0 unspecified atom stereocenters. The SMILES string of the molecule is CNCCCC(=O)N(C)CCCc1ccc(OC)cc1.Cl. The molecule has 0 heterocycles. The molecule has 1 aromatic rings. The third-order valence-electron chi connectivity index (χ3n) is 3.36.